The quantitative estimate of drug-likeness (QED) is 0.354. The van der Waals surface area contributed by atoms with E-state index in [2.05, 4.69) is 4.90 Å². The number of likely N-dealkylation sites (N-methyl/N-ethyl adjacent to an activating group) is 1. The summed E-state index contributed by atoms with van der Waals surface area (Å²) in [6.45, 7) is 2.89. The van der Waals surface area contributed by atoms with Crippen molar-refractivity contribution in [2.24, 2.45) is 17.8 Å². The minimum atomic E-state index is -4.74. The molecule has 1 unspecified atom stereocenters. The van der Waals surface area contributed by atoms with Crippen molar-refractivity contribution in [3.05, 3.63) is 58.7 Å². The van der Waals surface area contributed by atoms with Gasteiger partial charge in [-0.15, -0.1) is 0 Å². The largest absolute Gasteiger partial charge is 0.489 e. The number of piperidine rings is 1. The molecule has 5 nitrogen and oxygen atoms in total. The van der Waals surface area contributed by atoms with Crippen LogP contribution in [0.1, 0.15) is 60.8 Å². The summed E-state index contributed by atoms with van der Waals surface area (Å²) in [6.07, 6.45) is -6.12. The summed E-state index contributed by atoms with van der Waals surface area (Å²) in [5.41, 5.74) is -0.624. The molecule has 0 amide bonds. The van der Waals surface area contributed by atoms with Crippen LogP contribution in [0, 0.1) is 17.8 Å². The summed E-state index contributed by atoms with van der Waals surface area (Å²) in [7, 11) is 1.98. The lowest BCUT2D eigenvalue weighted by Crippen LogP contribution is -2.49. The molecule has 11 heteroatoms. The number of carboxylic acid groups (broad SMARTS) is 1. The molecule has 2 aromatic carbocycles. The predicted molar refractivity (Wildman–Crippen MR) is 141 cm³/mol. The van der Waals surface area contributed by atoms with Crippen LogP contribution < -0.4 is 9.64 Å². The third-order valence-electron chi connectivity index (χ3n) is 9.02. The fourth-order valence-corrected chi connectivity index (χ4v) is 6.55. The highest BCUT2D eigenvalue weighted by Gasteiger charge is 2.41. The molecule has 0 aromatic heterocycles. The Balaban J connectivity index is 1.28. The molecule has 1 N–H and O–H groups in total. The number of carbonyl (C=O) groups is 1. The number of halogens is 6. The molecule has 0 spiro atoms. The van der Waals surface area contributed by atoms with Gasteiger partial charge in [-0.05, 0) is 98.0 Å². The first-order valence-electron chi connectivity index (χ1n) is 14.0. The van der Waals surface area contributed by atoms with Gasteiger partial charge < -0.3 is 14.7 Å². The lowest BCUT2D eigenvalue weighted by Gasteiger charge is -2.43. The predicted octanol–water partition coefficient (Wildman–Crippen LogP) is 7.05. The smallest absolute Gasteiger partial charge is 0.416 e. The first-order chi connectivity index (χ1) is 19.2. The summed E-state index contributed by atoms with van der Waals surface area (Å²) in [4.78, 5) is 15.7. The zero-order valence-electron chi connectivity index (χ0n) is 22.9. The highest BCUT2D eigenvalue weighted by molar-refractivity contribution is 5.72. The molecule has 41 heavy (non-hydrogen) atoms. The van der Waals surface area contributed by atoms with Gasteiger partial charge in [0.25, 0.3) is 0 Å². The monoisotopic (exact) mass is 584 g/mol. The zero-order valence-corrected chi connectivity index (χ0v) is 22.9. The number of alkyl halides is 6. The van der Waals surface area contributed by atoms with Gasteiger partial charge in [0.2, 0.25) is 0 Å². The Bertz CT molecular complexity index is 1270. The maximum atomic E-state index is 13.6. The normalized spacial score (nSPS) is 22.1. The molecule has 0 bridgehead atoms. The Labute approximate surface area is 235 Å². The number of likely N-dealkylation sites (tertiary alicyclic amines) is 1. The number of rotatable bonds is 7. The van der Waals surface area contributed by atoms with Gasteiger partial charge in [-0.25, -0.2) is 0 Å². The van der Waals surface area contributed by atoms with Crippen LogP contribution in [-0.4, -0.2) is 48.8 Å². The first-order valence-corrected chi connectivity index (χ1v) is 14.0. The van der Waals surface area contributed by atoms with E-state index in [4.69, 9.17) is 4.74 Å². The van der Waals surface area contributed by atoms with Gasteiger partial charge in [-0.1, -0.05) is 13.0 Å². The van der Waals surface area contributed by atoms with E-state index in [-0.39, 0.29) is 30.0 Å². The summed E-state index contributed by atoms with van der Waals surface area (Å²) in [6, 6.07) is 7.52. The van der Waals surface area contributed by atoms with Crippen molar-refractivity contribution >= 4 is 11.7 Å². The van der Waals surface area contributed by atoms with Gasteiger partial charge in [-0.2, -0.15) is 26.3 Å². The average molecular weight is 585 g/mol. The maximum absolute atomic E-state index is 13.6. The summed E-state index contributed by atoms with van der Waals surface area (Å²) < 4.78 is 86.4. The lowest BCUT2D eigenvalue weighted by atomic mass is 9.82. The molecule has 1 saturated heterocycles. The number of hydrogen-bond acceptors (Lipinski definition) is 4. The van der Waals surface area contributed by atoms with E-state index in [1.807, 2.05) is 25.2 Å². The van der Waals surface area contributed by atoms with E-state index in [0.717, 1.165) is 29.8 Å². The van der Waals surface area contributed by atoms with Gasteiger partial charge in [0.15, 0.2) is 0 Å². The van der Waals surface area contributed by atoms with Gasteiger partial charge >= 0.3 is 18.3 Å². The molecule has 2 aliphatic heterocycles. The highest BCUT2D eigenvalue weighted by Crippen LogP contribution is 2.49. The standard InChI is InChI=1S/C30H34F6N2O3/c1-17(28(39)40)27(19-3-4-19)20-5-8-26-24(14-20)37(2)25(16-41-26)18-9-11-38(12-10-18)15-21-13-22(29(31,32)33)6-7-23(21)30(34,35)36/h5-8,13-14,17-19,25,27H,3-4,9-12,15-16H2,1-2H3,(H,39,40)/t17-,25?,27-/m0/s1. The Morgan fingerprint density at radius 1 is 1.00 bits per heavy atom. The lowest BCUT2D eigenvalue weighted by molar-refractivity contribution is -0.142. The summed E-state index contributed by atoms with van der Waals surface area (Å²) >= 11 is 0. The van der Waals surface area contributed by atoms with E-state index < -0.39 is 35.4 Å². The Morgan fingerprint density at radius 3 is 2.27 bits per heavy atom. The van der Waals surface area contributed by atoms with Gasteiger partial charge in [0.05, 0.1) is 28.8 Å². The Hall–Kier alpha value is -2.95. The second kappa shape index (κ2) is 11.0. The van der Waals surface area contributed by atoms with Crippen LogP contribution in [-0.2, 0) is 23.7 Å². The minimum Gasteiger partial charge on any atom is -0.489 e. The molecule has 2 aromatic rings. The summed E-state index contributed by atoms with van der Waals surface area (Å²) in [5.74, 6) is -0.150. The molecular weight excluding hydrogens is 550 g/mol. The minimum absolute atomic E-state index is 0.00969. The Morgan fingerprint density at radius 2 is 1.68 bits per heavy atom. The number of hydrogen-bond donors (Lipinski definition) is 1. The molecule has 2 heterocycles. The molecular formula is C30H34F6N2O3. The second-order valence-corrected chi connectivity index (χ2v) is 11.7. The van der Waals surface area contributed by atoms with E-state index in [9.17, 15) is 36.2 Å². The van der Waals surface area contributed by atoms with Crippen LogP contribution in [0.25, 0.3) is 0 Å². The molecule has 1 saturated carbocycles. The molecule has 3 atom stereocenters. The third kappa shape index (κ3) is 6.29. The van der Waals surface area contributed by atoms with E-state index in [1.54, 1.807) is 11.8 Å². The van der Waals surface area contributed by atoms with Crippen LogP contribution >= 0.6 is 0 Å². The molecule has 2 fully saturated rings. The molecule has 224 valence electrons. The van der Waals surface area contributed by atoms with Gasteiger partial charge in [-0.3, -0.25) is 9.69 Å². The van der Waals surface area contributed by atoms with Crippen molar-refractivity contribution in [2.45, 2.75) is 63.5 Å². The van der Waals surface area contributed by atoms with Crippen molar-refractivity contribution in [1.82, 2.24) is 4.90 Å². The second-order valence-electron chi connectivity index (χ2n) is 11.7. The van der Waals surface area contributed by atoms with Crippen molar-refractivity contribution < 1.29 is 41.0 Å². The summed E-state index contributed by atoms with van der Waals surface area (Å²) in [5, 5.41) is 9.67. The maximum Gasteiger partial charge on any atom is 0.416 e. The van der Waals surface area contributed by atoms with Gasteiger partial charge in [0.1, 0.15) is 12.4 Å². The average Bonchev–Trinajstić information content (AvgIpc) is 3.74. The van der Waals surface area contributed by atoms with Crippen LogP contribution in [0.2, 0.25) is 0 Å². The number of benzene rings is 2. The van der Waals surface area contributed by atoms with Crippen LogP contribution in [0.15, 0.2) is 36.4 Å². The van der Waals surface area contributed by atoms with Gasteiger partial charge in [0, 0.05) is 13.6 Å². The van der Waals surface area contributed by atoms with E-state index in [1.165, 1.54) is 0 Å². The van der Waals surface area contributed by atoms with Crippen LogP contribution in [0.3, 0.4) is 0 Å². The number of carboxylic acids is 1. The number of ether oxygens (including phenoxy) is 1. The highest BCUT2D eigenvalue weighted by atomic mass is 19.4. The number of fused-ring (bicyclic) bond motifs is 1. The van der Waals surface area contributed by atoms with Crippen molar-refractivity contribution in [3.63, 3.8) is 0 Å². The molecule has 3 aliphatic rings. The molecule has 1 aliphatic carbocycles. The Kier molecular flexibility index (Phi) is 7.95. The topological polar surface area (TPSA) is 53.0 Å². The molecule has 0 radical (unpaired) electrons. The SMILES string of the molecule is C[C@H](C(=O)O)[C@H](c1ccc2c(c1)N(C)C(C1CCN(Cc3cc(C(F)(F)F)ccc3C(F)(F)F)CC1)CO2)C1CC1. The first kappa shape index (κ1) is 29.5. The third-order valence-corrected chi connectivity index (χ3v) is 9.02. The fraction of sp³-hybridized carbons (Fsp3) is 0.567. The van der Waals surface area contributed by atoms with E-state index in [0.29, 0.717) is 56.7 Å². The van der Waals surface area contributed by atoms with Crippen molar-refractivity contribution in [1.29, 1.82) is 0 Å². The number of aliphatic carboxylic acids is 1. The zero-order chi connectivity index (χ0) is 29.7. The van der Waals surface area contributed by atoms with Crippen LogP contribution in [0.5, 0.6) is 5.75 Å². The van der Waals surface area contributed by atoms with E-state index >= 15 is 0 Å². The number of anilines is 1. The van der Waals surface area contributed by atoms with Crippen molar-refractivity contribution in [2.75, 3.05) is 31.6 Å². The fourth-order valence-electron chi connectivity index (χ4n) is 6.55. The molecule has 5 rings (SSSR count). The number of nitrogens with zero attached hydrogens (tertiary/aromatic N) is 2. The van der Waals surface area contributed by atoms with Crippen molar-refractivity contribution in [3.8, 4) is 5.75 Å². The van der Waals surface area contributed by atoms with Crippen LogP contribution in [0.4, 0.5) is 32.0 Å².